The molecule has 22 heavy (non-hydrogen) atoms. The molecule has 1 aromatic heterocycles. The Morgan fingerprint density at radius 2 is 1.68 bits per heavy atom. The number of halogens is 1. The molecule has 0 unspecified atom stereocenters. The van der Waals surface area contributed by atoms with Gasteiger partial charge in [-0.05, 0) is 30.5 Å². The topological polar surface area (TPSA) is 46.0 Å². The molecule has 2 aromatic rings. The summed E-state index contributed by atoms with van der Waals surface area (Å²) in [5, 5.41) is 9.17. The largest absolute Gasteiger partial charge is 0.505 e. The summed E-state index contributed by atoms with van der Waals surface area (Å²) in [7, 11) is 0. The van der Waals surface area contributed by atoms with E-state index in [0.717, 1.165) is 18.4 Å². The monoisotopic (exact) mass is 302 g/mol. The number of aromatic hydroxyl groups is 1. The predicted molar refractivity (Wildman–Crippen MR) is 86.2 cm³/mol. The lowest BCUT2D eigenvalue weighted by atomic mass is 10.0. The van der Waals surface area contributed by atoms with E-state index >= 15 is 0 Å². The third kappa shape index (κ3) is 4.79. The van der Waals surface area contributed by atoms with E-state index in [4.69, 9.17) is 0 Å². The van der Waals surface area contributed by atoms with Gasteiger partial charge in [-0.2, -0.15) is 0 Å². The standard InChI is InChI=1S/C18H23FN2O/c1-2-3-4-5-6-7-8-14-9-10-16(17(19)11-14)18-20-12-15(22)13-21-18/h9-13,22H,2-8H2,1H3. The second kappa shape index (κ2) is 8.47. The molecule has 1 heterocycles. The van der Waals surface area contributed by atoms with Gasteiger partial charge < -0.3 is 5.11 Å². The molecule has 0 fully saturated rings. The van der Waals surface area contributed by atoms with Gasteiger partial charge >= 0.3 is 0 Å². The fourth-order valence-electron chi connectivity index (χ4n) is 2.47. The van der Waals surface area contributed by atoms with Gasteiger partial charge in [0.15, 0.2) is 11.6 Å². The number of aryl methyl sites for hydroxylation is 1. The molecule has 0 bridgehead atoms. The molecular formula is C18H23FN2O. The van der Waals surface area contributed by atoms with Crippen LogP contribution in [0.3, 0.4) is 0 Å². The summed E-state index contributed by atoms with van der Waals surface area (Å²) < 4.78 is 14.2. The van der Waals surface area contributed by atoms with Gasteiger partial charge in [0.2, 0.25) is 0 Å². The Balaban J connectivity index is 1.91. The SMILES string of the molecule is CCCCCCCCc1ccc(-c2ncc(O)cn2)c(F)c1. The third-order valence-corrected chi connectivity index (χ3v) is 3.73. The highest BCUT2D eigenvalue weighted by Crippen LogP contribution is 2.22. The minimum absolute atomic E-state index is 0.0242. The van der Waals surface area contributed by atoms with Crippen LogP contribution in [0.25, 0.3) is 11.4 Å². The lowest BCUT2D eigenvalue weighted by Gasteiger charge is -2.06. The van der Waals surface area contributed by atoms with Crippen molar-refractivity contribution >= 4 is 0 Å². The highest BCUT2D eigenvalue weighted by molar-refractivity contribution is 5.56. The molecule has 0 atom stereocenters. The van der Waals surface area contributed by atoms with Crippen LogP contribution in [-0.4, -0.2) is 15.1 Å². The van der Waals surface area contributed by atoms with E-state index in [1.54, 1.807) is 12.1 Å². The minimum Gasteiger partial charge on any atom is -0.505 e. The van der Waals surface area contributed by atoms with Crippen LogP contribution in [0.2, 0.25) is 0 Å². The van der Waals surface area contributed by atoms with E-state index in [1.165, 1.54) is 44.5 Å². The molecule has 0 aliphatic carbocycles. The van der Waals surface area contributed by atoms with Gasteiger partial charge in [0.05, 0.1) is 18.0 Å². The quantitative estimate of drug-likeness (QED) is 0.706. The van der Waals surface area contributed by atoms with Crippen molar-refractivity contribution in [2.45, 2.75) is 51.9 Å². The van der Waals surface area contributed by atoms with Gasteiger partial charge in [0.25, 0.3) is 0 Å². The molecule has 3 nitrogen and oxygen atoms in total. The molecule has 0 radical (unpaired) electrons. The minimum atomic E-state index is -0.311. The Hall–Kier alpha value is -1.97. The van der Waals surface area contributed by atoms with Crippen molar-refractivity contribution in [2.24, 2.45) is 0 Å². The lowest BCUT2D eigenvalue weighted by molar-refractivity contribution is 0.469. The van der Waals surface area contributed by atoms with Crippen LogP contribution in [0.15, 0.2) is 30.6 Å². The molecule has 2 rings (SSSR count). The second-order valence-electron chi connectivity index (χ2n) is 5.60. The first-order valence-corrected chi connectivity index (χ1v) is 8.00. The molecule has 0 aliphatic rings. The van der Waals surface area contributed by atoms with Gasteiger partial charge in [0.1, 0.15) is 5.82 Å². The van der Waals surface area contributed by atoms with Crippen molar-refractivity contribution in [3.63, 3.8) is 0 Å². The number of rotatable bonds is 8. The van der Waals surface area contributed by atoms with Crippen molar-refractivity contribution in [1.82, 2.24) is 9.97 Å². The number of nitrogens with zero attached hydrogens (tertiary/aromatic N) is 2. The van der Waals surface area contributed by atoms with E-state index < -0.39 is 0 Å². The van der Waals surface area contributed by atoms with E-state index in [0.29, 0.717) is 11.4 Å². The zero-order chi connectivity index (χ0) is 15.8. The lowest BCUT2D eigenvalue weighted by Crippen LogP contribution is -1.94. The van der Waals surface area contributed by atoms with Gasteiger partial charge in [-0.25, -0.2) is 14.4 Å². The van der Waals surface area contributed by atoms with Crippen molar-refractivity contribution in [2.75, 3.05) is 0 Å². The van der Waals surface area contributed by atoms with Crippen LogP contribution >= 0.6 is 0 Å². The normalized spacial score (nSPS) is 10.8. The first-order valence-electron chi connectivity index (χ1n) is 8.00. The van der Waals surface area contributed by atoms with Crippen LogP contribution in [0, 0.1) is 5.82 Å². The van der Waals surface area contributed by atoms with Crippen LogP contribution in [0.5, 0.6) is 5.75 Å². The molecular weight excluding hydrogens is 279 g/mol. The van der Waals surface area contributed by atoms with Crippen molar-refractivity contribution in [3.05, 3.63) is 42.0 Å². The number of aromatic nitrogens is 2. The highest BCUT2D eigenvalue weighted by Gasteiger charge is 2.09. The van der Waals surface area contributed by atoms with Gasteiger partial charge in [-0.1, -0.05) is 45.1 Å². The number of hydrogen-bond acceptors (Lipinski definition) is 3. The number of hydrogen-bond donors (Lipinski definition) is 1. The Bertz CT molecular complexity index is 584. The Morgan fingerprint density at radius 3 is 2.36 bits per heavy atom. The van der Waals surface area contributed by atoms with Crippen LogP contribution in [0.4, 0.5) is 4.39 Å². The average molecular weight is 302 g/mol. The van der Waals surface area contributed by atoms with E-state index in [9.17, 15) is 9.50 Å². The van der Waals surface area contributed by atoms with Crippen LogP contribution in [0.1, 0.15) is 51.0 Å². The Morgan fingerprint density at radius 1 is 1.00 bits per heavy atom. The predicted octanol–water partition coefficient (Wildman–Crippen LogP) is 4.89. The highest BCUT2D eigenvalue weighted by atomic mass is 19.1. The summed E-state index contributed by atoms with van der Waals surface area (Å²) in [6, 6.07) is 5.21. The first kappa shape index (κ1) is 16.4. The Labute approximate surface area is 131 Å². The van der Waals surface area contributed by atoms with E-state index in [2.05, 4.69) is 16.9 Å². The molecule has 0 aliphatic heterocycles. The van der Waals surface area contributed by atoms with Crippen molar-refractivity contribution < 1.29 is 9.50 Å². The first-order chi connectivity index (χ1) is 10.7. The number of benzene rings is 1. The summed E-state index contributed by atoms with van der Waals surface area (Å²) in [5.41, 5.74) is 1.38. The molecule has 0 saturated heterocycles. The molecule has 118 valence electrons. The molecule has 0 spiro atoms. The molecule has 1 aromatic carbocycles. The zero-order valence-electron chi connectivity index (χ0n) is 13.1. The maximum Gasteiger partial charge on any atom is 0.162 e. The average Bonchev–Trinajstić information content (AvgIpc) is 2.52. The summed E-state index contributed by atoms with van der Waals surface area (Å²) in [4.78, 5) is 7.88. The summed E-state index contributed by atoms with van der Waals surface area (Å²) in [6.07, 6.45) is 10.8. The van der Waals surface area contributed by atoms with Crippen LogP contribution < -0.4 is 0 Å². The molecule has 4 heteroatoms. The van der Waals surface area contributed by atoms with Gasteiger partial charge in [-0.3, -0.25) is 0 Å². The van der Waals surface area contributed by atoms with Gasteiger partial charge in [-0.15, -0.1) is 0 Å². The summed E-state index contributed by atoms with van der Waals surface area (Å²) in [5.74, 6) is -0.0422. The van der Waals surface area contributed by atoms with Crippen LogP contribution in [-0.2, 0) is 6.42 Å². The maximum atomic E-state index is 14.2. The zero-order valence-corrected chi connectivity index (χ0v) is 13.1. The molecule has 0 saturated carbocycles. The van der Waals surface area contributed by atoms with Crippen molar-refractivity contribution in [1.29, 1.82) is 0 Å². The molecule has 0 amide bonds. The summed E-state index contributed by atoms with van der Waals surface area (Å²) >= 11 is 0. The maximum absolute atomic E-state index is 14.2. The fraction of sp³-hybridized carbons (Fsp3) is 0.444. The summed E-state index contributed by atoms with van der Waals surface area (Å²) in [6.45, 7) is 2.21. The van der Waals surface area contributed by atoms with Crippen molar-refractivity contribution in [3.8, 4) is 17.1 Å². The smallest absolute Gasteiger partial charge is 0.162 e. The fourth-order valence-corrected chi connectivity index (χ4v) is 2.47. The van der Waals surface area contributed by atoms with Gasteiger partial charge in [0, 0.05) is 0 Å². The van der Waals surface area contributed by atoms with E-state index in [-0.39, 0.29) is 11.6 Å². The van der Waals surface area contributed by atoms with E-state index in [1.807, 2.05) is 6.07 Å². The molecule has 1 N–H and O–H groups in total. The third-order valence-electron chi connectivity index (χ3n) is 3.73. The number of unbranched alkanes of at least 4 members (excludes halogenated alkanes) is 5. The second-order valence-corrected chi connectivity index (χ2v) is 5.60. The Kier molecular flexibility index (Phi) is 6.31.